The van der Waals surface area contributed by atoms with Gasteiger partial charge in [0.15, 0.2) is 0 Å². The SMILES string of the molecule is O=C(CSC1=Nc2ccccc2CS1)NCC1CCCO1. The number of nitrogens with zero attached hydrogens (tertiary/aromatic N) is 1. The van der Waals surface area contributed by atoms with Gasteiger partial charge in [0.2, 0.25) is 5.91 Å². The van der Waals surface area contributed by atoms with E-state index >= 15 is 0 Å². The topological polar surface area (TPSA) is 50.7 Å². The zero-order valence-corrected chi connectivity index (χ0v) is 13.3. The number of ether oxygens (including phenoxy) is 1. The molecule has 2 heterocycles. The number of hydrogen-bond donors (Lipinski definition) is 1. The molecule has 3 rings (SSSR count). The van der Waals surface area contributed by atoms with Gasteiger partial charge in [-0.2, -0.15) is 0 Å². The molecule has 112 valence electrons. The van der Waals surface area contributed by atoms with Crippen LogP contribution in [0.25, 0.3) is 0 Å². The molecule has 0 aliphatic carbocycles. The maximum atomic E-state index is 11.8. The van der Waals surface area contributed by atoms with Crippen molar-refractivity contribution in [1.82, 2.24) is 5.32 Å². The zero-order valence-electron chi connectivity index (χ0n) is 11.7. The van der Waals surface area contributed by atoms with Crippen molar-refractivity contribution >= 4 is 39.5 Å². The molecule has 1 N–H and O–H groups in total. The Labute approximate surface area is 133 Å². The summed E-state index contributed by atoms with van der Waals surface area (Å²) in [7, 11) is 0. The van der Waals surface area contributed by atoms with Gasteiger partial charge in [-0.3, -0.25) is 4.79 Å². The average Bonchev–Trinajstić information content (AvgIpc) is 3.04. The second-order valence-corrected chi connectivity index (χ2v) is 7.21. The second-order valence-electron chi connectivity index (χ2n) is 5.02. The Bertz CT molecular complexity index is 542. The van der Waals surface area contributed by atoms with E-state index in [1.54, 1.807) is 11.8 Å². The molecular formula is C15H18N2O2S2. The quantitative estimate of drug-likeness (QED) is 0.926. The number of thioether (sulfide) groups is 2. The lowest BCUT2D eigenvalue weighted by Gasteiger charge is -2.14. The van der Waals surface area contributed by atoms with Crippen molar-refractivity contribution in [2.45, 2.75) is 24.7 Å². The summed E-state index contributed by atoms with van der Waals surface area (Å²) in [6, 6.07) is 8.15. The maximum absolute atomic E-state index is 11.8. The first-order valence-corrected chi connectivity index (χ1v) is 9.09. The molecular weight excluding hydrogens is 304 g/mol. The van der Waals surface area contributed by atoms with Crippen LogP contribution >= 0.6 is 23.5 Å². The van der Waals surface area contributed by atoms with E-state index in [4.69, 9.17) is 4.74 Å². The molecule has 1 amide bonds. The highest BCUT2D eigenvalue weighted by molar-refractivity contribution is 8.38. The molecule has 0 bridgehead atoms. The van der Waals surface area contributed by atoms with E-state index < -0.39 is 0 Å². The summed E-state index contributed by atoms with van der Waals surface area (Å²) in [4.78, 5) is 16.4. The summed E-state index contributed by atoms with van der Waals surface area (Å²) in [5.74, 6) is 1.40. The molecule has 0 aromatic heterocycles. The molecule has 1 fully saturated rings. The molecule has 1 atom stereocenters. The van der Waals surface area contributed by atoms with Crippen molar-refractivity contribution in [1.29, 1.82) is 0 Å². The number of rotatable bonds is 4. The number of carbonyl (C=O) groups excluding carboxylic acids is 1. The van der Waals surface area contributed by atoms with Gasteiger partial charge in [-0.25, -0.2) is 4.99 Å². The van der Waals surface area contributed by atoms with Gasteiger partial charge in [-0.05, 0) is 24.5 Å². The van der Waals surface area contributed by atoms with Crippen LogP contribution in [0.2, 0.25) is 0 Å². The summed E-state index contributed by atoms with van der Waals surface area (Å²) in [6.07, 6.45) is 2.35. The minimum atomic E-state index is 0.0534. The van der Waals surface area contributed by atoms with Crippen molar-refractivity contribution in [2.24, 2.45) is 4.99 Å². The van der Waals surface area contributed by atoms with Crippen molar-refractivity contribution in [3.8, 4) is 0 Å². The predicted octanol–water partition coefficient (Wildman–Crippen LogP) is 2.95. The van der Waals surface area contributed by atoms with Gasteiger partial charge in [0.05, 0.1) is 17.5 Å². The largest absolute Gasteiger partial charge is 0.376 e. The first-order chi connectivity index (χ1) is 10.3. The van der Waals surface area contributed by atoms with Crippen LogP contribution in [0.1, 0.15) is 18.4 Å². The molecule has 0 saturated carbocycles. The van der Waals surface area contributed by atoms with E-state index in [1.165, 1.54) is 17.3 Å². The molecule has 1 saturated heterocycles. The van der Waals surface area contributed by atoms with Crippen LogP contribution in [0.5, 0.6) is 0 Å². The van der Waals surface area contributed by atoms with Crippen LogP contribution in [-0.4, -0.2) is 35.3 Å². The van der Waals surface area contributed by atoms with Gasteiger partial charge in [-0.15, -0.1) is 0 Å². The summed E-state index contributed by atoms with van der Waals surface area (Å²) in [6.45, 7) is 1.45. The third kappa shape index (κ3) is 4.25. The molecule has 1 unspecified atom stereocenters. The number of nitrogens with one attached hydrogen (secondary N) is 1. The van der Waals surface area contributed by atoms with Gasteiger partial charge in [0.25, 0.3) is 0 Å². The third-order valence-electron chi connectivity index (χ3n) is 3.43. The van der Waals surface area contributed by atoms with Crippen LogP contribution in [0, 0.1) is 0 Å². The molecule has 1 aromatic carbocycles. The summed E-state index contributed by atoms with van der Waals surface area (Å²) in [5, 5.41) is 2.93. The number of fused-ring (bicyclic) bond motifs is 1. The van der Waals surface area contributed by atoms with Crippen LogP contribution in [0.15, 0.2) is 29.3 Å². The van der Waals surface area contributed by atoms with E-state index in [9.17, 15) is 4.79 Å². The lowest BCUT2D eigenvalue weighted by molar-refractivity contribution is -0.119. The highest BCUT2D eigenvalue weighted by Gasteiger charge is 2.17. The minimum Gasteiger partial charge on any atom is -0.376 e. The molecule has 0 spiro atoms. The maximum Gasteiger partial charge on any atom is 0.230 e. The molecule has 2 aliphatic heterocycles. The molecule has 6 heteroatoms. The van der Waals surface area contributed by atoms with E-state index in [1.807, 2.05) is 18.2 Å². The fourth-order valence-electron chi connectivity index (χ4n) is 2.30. The molecule has 4 nitrogen and oxygen atoms in total. The number of amides is 1. The summed E-state index contributed by atoms with van der Waals surface area (Å²) >= 11 is 3.21. The summed E-state index contributed by atoms with van der Waals surface area (Å²) in [5.41, 5.74) is 2.29. The number of para-hydroxylation sites is 1. The fourth-order valence-corrected chi connectivity index (χ4v) is 4.19. The third-order valence-corrected chi connectivity index (χ3v) is 5.68. The van der Waals surface area contributed by atoms with Gasteiger partial charge in [0, 0.05) is 18.9 Å². The van der Waals surface area contributed by atoms with E-state index in [-0.39, 0.29) is 12.0 Å². The van der Waals surface area contributed by atoms with Crippen LogP contribution in [0.3, 0.4) is 0 Å². The predicted molar refractivity (Wildman–Crippen MR) is 89.3 cm³/mol. The van der Waals surface area contributed by atoms with E-state index in [0.29, 0.717) is 12.3 Å². The molecule has 21 heavy (non-hydrogen) atoms. The Kier molecular flexibility index (Phi) is 5.22. The highest BCUT2D eigenvalue weighted by atomic mass is 32.2. The lowest BCUT2D eigenvalue weighted by Crippen LogP contribution is -2.33. The Balaban J connectivity index is 1.45. The van der Waals surface area contributed by atoms with E-state index in [0.717, 1.165) is 35.3 Å². The Morgan fingerprint density at radius 1 is 1.48 bits per heavy atom. The smallest absolute Gasteiger partial charge is 0.230 e. The van der Waals surface area contributed by atoms with Gasteiger partial charge < -0.3 is 10.1 Å². The minimum absolute atomic E-state index is 0.0534. The average molecular weight is 322 g/mol. The van der Waals surface area contributed by atoms with E-state index in [2.05, 4.69) is 16.4 Å². The number of carbonyl (C=O) groups is 1. The molecule has 2 aliphatic rings. The lowest BCUT2D eigenvalue weighted by atomic mass is 10.2. The molecule has 1 aromatic rings. The van der Waals surface area contributed by atoms with Crippen LogP contribution in [0.4, 0.5) is 5.69 Å². The fraction of sp³-hybridized carbons (Fsp3) is 0.467. The van der Waals surface area contributed by atoms with Gasteiger partial charge in [0.1, 0.15) is 4.38 Å². The molecule has 0 radical (unpaired) electrons. The number of aliphatic imine (C=N–C) groups is 1. The van der Waals surface area contributed by atoms with Crippen LogP contribution in [-0.2, 0) is 15.3 Å². The Morgan fingerprint density at radius 3 is 3.24 bits per heavy atom. The van der Waals surface area contributed by atoms with Gasteiger partial charge >= 0.3 is 0 Å². The normalized spacial score (nSPS) is 20.8. The first-order valence-electron chi connectivity index (χ1n) is 7.12. The number of hydrogen-bond acceptors (Lipinski definition) is 5. The standard InChI is InChI=1S/C15H18N2O2S2/c18-14(16-8-12-5-3-7-19-12)10-21-15-17-13-6-2-1-4-11(13)9-20-15/h1-2,4,6,12H,3,5,7-10H2,(H,16,18). The first kappa shape index (κ1) is 14.9. The van der Waals surface area contributed by atoms with Crippen LogP contribution < -0.4 is 5.32 Å². The number of benzene rings is 1. The monoisotopic (exact) mass is 322 g/mol. The zero-order chi connectivity index (χ0) is 14.5. The Morgan fingerprint density at radius 2 is 2.38 bits per heavy atom. The van der Waals surface area contributed by atoms with Crippen molar-refractivity contribution < 1.29 is 9.53 Å². The Hall–Kier alpha value is -0.980. The van der Waals surface area contributed by atoms with Gasteiger partial charge in [-0.1, -0.05) is 41.7 Å². The summed E-state index contributed by atoms with van der Waals surface area (Å²) < 4.78 is 6.46. The van der Waals surface area contributed by atoms with Crippen molar-refractivity contribution in [3.05, 3.63) is 29.8 Å². The highest BCUT2D eigenvalue weighted by Crippen LogP contribution is 2.34. The van der Waals surface area contributed by atoms with Crippen molar-refractivity contribution in [2.75, 3.05) is 18.9 Å². The second kappa shape index (κ2) is 7.33. The van der Waals surface area contributed by atoms with Crippen molar-refractivity contribution in [3.63, 3.8) is 0 Å².